The maximum atomic E-state index is 13.3. The molecule has 28 heavy (non-hydrogen) atoms. The lowest BCUT2D eigenvalue weighted by atomic mass is 9.92. The number of nitrogens with one attached hydrogen (secondary N) is 1. The molecular weight excluding hydrogens is 370 g/mol. The molecule has 1 amide bonds. The van der Waals surface area contributed by atoms with E-state index >= 15 is 0 Å². The SMILES string of the molecule is CCOC(=O)c1c(C2CC2)nc2c(C(=O)NC3CCC(F)(F)CC3)ccnn12. The van der Waals surface area contributed by atoms with Crippen LogP contribution < -0.4 is 5.32 Å². The van der Waals surface area contributed by atoms with E-state index in [1.165, 1.54) is 16.8 Å². The van der Waals surface area contributed by atoms with Crippen molar-refractivity contribution in [1.82, 2.24) is 19.9 Å². The van der Waals surface area contributed by atoms with E-state index in [1.807, 2.05) is 0 Å². The molecule has 2 heterocycles. The highest BCUT2D eigenvalue weighted by Crippen LogP contribution is 2.41. The van der Waals surface area contributed by atoms with Gasteiger partial charge in [0.15, 0.2) is 11.3 Å². The molecule has 0 aromatic carbocycles. The Morgan fingerprint density at radius 1 is 1.29 bits per heavy atom. The number of alkyl halides is 2. The van der Waals surface area contributed by atoms with Gasteiger partial charge in [-0.25, -0.2) is 23.1 Å². The van der Waals surface area contributed by atoms with Crippen LogP contribution in [0.4, 0.5) is 8.78 Å². The van der Waals surface area contributed by atoms with E-state index < -0.39 is 17.8 Å². The number of imidazole rings is 1. The highest BCUT2D eigenvalue weighted by Gasteiger charge is 2.37. The van der Waals surface area contributed by atoms with Gasteiger partial charge in [-0.1, -0.05) is 0 Å². The molecule has 7 nitrogen and oxygen atoms in total. The summed E-state index contributed by atoms with van der Waals surface area (Å²) in [6.07, 6.45) is 3.28. The summed E-state index contributed by atoms with van der Waals surface area (Å²) in [5.74, 6) is -3.40. The Morgan fingerprint density at radius 2 is 2.00 bits per heavy atom. The van der Waals surface area contributed by atoms with Crippen molar-refractivity contribution in [2.45, 2.75) is 63.3 Å². The van der Waals surface area contributed by atoms with Gasteiger partial charge in [-0.15, -0.1) is 0 Å². The van der Waals surface area contributed by atoms with Crippen LogP contribution in [-0.2, 0) is 4.74 Å². The van der Waals surface area contributed by atoms with Gasteiger partial charge in [-0.2, -0.15) is 5.10 Å². The number of aromatic nitrogens is 3. The number of ether oxygens (including phenoxy) is 1. The molecule has 0 atom stereocenters. The van der Waals surface area contributed by atoms with Gasteiger partial charge in [0.05, 0.1) is 17.9 Å². The molecule has 0 unspecified atom stereocenters. The van der Waals surface area contributed by atoms with E-state index in [0.29, 0.717) is 5.69 Å². The van der Waals surface area contributed by atoms with Gasteiger partial charge in [0, 0.05) is 31.0 Å². The van der Waals surface area contributed by atoms with Crippen LogP contribution >= 0.6 is 0 Å². The summed E-state index contributed by atoms with van der Waals surface area (Å²) in [6.45, 7) is 1.95. The van der Waals surface area contributed by atoms with E-state index in [-0.39, 0.29) is 61.2 Å². The predicted octanol–water partition coefficient (Wildman–Crippen LogP) is 3.09. The van der Waals surface area contributed by atoms with Crippen molar-refractivity contribution in [2.75, 3.05) is 6.61 Å². The lowest BCUT2D eigenvalue weighted by Gasteiger charge is -2.28. The molecule has 0 saturated heterocycles. The first-order valence-electron chi connectivity index (χ1n) is 9.63. The van der Waals surface area contributed by atoms with E-state index in [4.69, 9.17) is 4.74 Å². The van der Waals surface area contributed by atoms with Gasteiger partial charge < -0.3 is 10.1 Å². The fourth-order valence-corrected chi connectivity index (χ4v) is 3.62. The fourth-order valence-electron chi connectivity index (χ4n) is 3.62. The van der Waals surface area contributed by atoms with Crippen LogP contribution in [0.3, 0.4) is 0 Å². The first kappa shape index (κ1) is 18.8. The number of hydrogen-bond acceptors (Lipinski definition) is 5. The minimum Gasteiger partial charge on any atom is -0.461 e. The van der Waals surface area contributed by atoms with E-state index in [0.717, 1.165) is 12.8 Å². The second-order valence-electron chi connectivity index (χ2n) is 7.42. The summed E-state index contributed by atoms with van der Waals surface area (Å²) in [4.78, 5) is 29.8. The molecule has 2 aliphatic carbocycles. The Kier molecular flexibility index (Phi) is 4.76. The average molecular weight is 392 g/mol. The van der Waals surface area contributed by atoms with E-state index in [2.05, 4.69) is 15.4 Å². The largest absolute Gasteiger partial charge is 0.461 e. The molecule has 1 N–H and O–H groups in total. The Bertz CT molecular complexity index is 913. The van der Waals surface area contributed by atoms with Crippen molar-refractivity contribution >= 4 is 17.5 Å². The Morgan fingerprint density at radius 3 is 2.64 bits per heavy atom. The normalized spacial score (nSPS) is 19.5. The van der Waals surface area contributed by atoms with E-state index in [9.17, 15) is 18.4 Å². The van der Waals surface area contributed by atoms with Gasteiger partial charge in [0.2, 0.25) is 5.92 Å². The molecule has 0 spiro atoms. The van der Waals surface area contributed by atoms with Gasteiger partial charge in [-0.05, 0) is 38.7 Å². The lowest BCUT2D eigenvalue weighted by molar-refractivity contribution is -0.0399. The summed E-state index contributed by atoms with van der Waals surface area (Å²) < 4.78 is 33.2. The van der Waals surface area contributed by atoms with Crippen molar-refractivity contribution in [2.24, 2.45) is 0 Å². The fraction of sp³-hybridized carbons (Fsp3) is 0.579. The van der Waals surface area contributed by atoms with Crippen LogP contribution in [0.1, 0.15) is 77.9 Å². The second-order valence-corrected chi connectivity index (χ2v) is 7.42. The maximum absolute atomic E-state index is 13.3. The van der Waals surface area contributed by atoms with Crippen molar-refractivity contribution in [3.05, 3.63) is 29.2 Å². The summed E-state index contributed by atoms with van der Waals surface area (Å²) in [6, 6.07) is 1.23. The lowest BCUT2D eigenvalue weighted by Crippen LogP contribution is -2.40. The zero-order chi connectivity index (χ0) is 19.9. The summed E-state index contributed by atoms with van der Waals surface area (Å²) in [7, 11) is 0. The van der Waals surface area contributed by atoms with Crippen molar-refractivity contribution < 1.29 is 23.1 Å². The molecule has 0 bridgehead atoms. The van der Waals surface area contributed by atoms with Crippen LogP contribution in [0.25, 0.3) is 5.65 Å². The van der Waals surface area contributed by atoms with Crippen molar-refractivity contribution in [3.8, 4) is 0 Å². The number of carbonyl (C=O) groups excluding carboxylic acids is 2. The second kappa shape index (κ2) is 7.10. The first-order valence-corrected chi connectivity index (χ1v) is 9.63. The standard InChI is InChI=1S/C19H22F2N4O3/c1-2-28-18(27)15-14(11-3-4-11)24-16-13(7-10-22-25(15)16)17(26)23-12-5-8-19(20,21)9-6-12/h7,10-12H,2-6,8-9H2,1H3,(H,23,26). The monoisotopic (exact) mass is 392 g/mol. The summed E-state index contributed by atoms with van der Waals surface area (Å²) in [5, 5.41) is 7.02. The smallest absolute Gasteiger partial charge is 0.358 e. The summed E-state index contributed by atoms with van der Waals surface area (Å²) in [5.41, 5.74) is 1.41. The molecule has 0 radical (unpaired) electrons. The van der Waals surface area contributed by atoms with Gasteiger partial charge in [0.25, 0.3) is 5.91 Å². The predicted molar refractivity (Wildman–Crippen MR) is 95.6 cm³/mol. The van der Waals surface area contributed by atoms with Crippen LogP contribution in [0, 0.1) is 0 Å². The third kappa shape index (κ3) is 3.57. The van der Waals surface area contributed by atoms with Crippen molar-refractivity contribution in [1.29, 1.82) is 0 Å². The minimum atomic E-state index is -2.65. The summed E-state index contributed by atoms with van der Waals surface area (Å²) >= 11 is 0. The Labute approximate surface area is 160 Å². The molecule has 2 fully saturated rings. The number of hydrogen-bond donors (Lipinski definition) is 1. The number of halogens is 2. The Balaban J connectivity index is 1.63. The van der Waals surface area contributed by atoms with E-state index in [1.54, 1.807) is 6.92 Å². The van der Waals surface area contributed by atoms with Gasteiger partial charge in [-0.3, -0.25) is 4.79 Å². The number of rotatable bonds is 5. The quantitative estimate of drug-likeness (QED) is 0.791. The highest BCUT2D eigenvalue weighted by molar-refractivity contribution is 6.01. The zero-order valence-electron chi connectivity index (χ0n) is 15.6. The molecule has 2 saturated carbocycles. The third-order valence-corrected chi connectivity index (χ3v) is 5.28. The van der Waals surface area contributed by atoms with Crippen LogP contribution in [0.5, 0.6) is 0 Å². The molecule has 0 aliphatic heterocycles. The third-order valence-electron chi connectivity index (χ3n) is 5.28. The molecule has 2 aromatic heterocycles. The number of carbonyl (C=O) groups is 2. The topological polar surface area (TPSA) is 85.6 Å². The molecule has 9 heteroatoms. The van der Waals surface area contributed by atoms with Crippen LogP contribution in [0.15, 0.2) is 12.3 Å². The number of amides is 1. The molecule has 4 rings (SSSR count). The number of nitrogens with zero attached hydrogens (tertiary/aromatic N) is 3. The van der Waals surface area contributed by atoms with Gasteiger partial charge in [0.1, 0.15) is 0 Å². The molecule has 150 valence electrons. The van der Waals surface area contributed by atoms with Crippen molar-refractivity contribution in [3.63, 3.8) is 0 Å². The number of esters is 1. The minimum absolute atomic E-state index is 0.164. The van der Waals surface area contributed by atoms with Crippen LogP contribution in [-0.4, -0.2) is 45.0 Å². The Hall–Kier alpha value is -2.58. The first-order chi connectivity index (χ1) is 13.4. The highest BCUT2D eigenvalue weighted by atomic mass is 19.3. The molecule has 2 aliphatic rings. The molecular formula is C19H22F2N4O3. The van der Waals surface area contributed by atoms with Gasteiger partial charge >= 0.3 is 5.97 Å². The van der Waals surface area contributed by atoms with Crippen LogP contribution in [0.2, 0.25) is 0 Å². The molecule has 2 aromatic rings. The number of fused-ring (bicyclic) bond motifs is 1. The maximum Gasteiger partial charge on any atom is 0.358 e. The zero-order valence-corrected chi connectivity index (χ0v) is 15.6. The average Bonchev–Trinajstić information content (AvgIpc) is 3.43.